The van der Waals surface area contributed by atoms with Crippen LogP contribution in [0.3, 0.4) is 0 Å². The van der Waals surface area contributed by atoms with Crippen LogP contribution in [0.15, 0.2) is 28.7 Å². The summed E-state index contributed by atoms with van der Waals surface area (Å²) in [5.41, 5.74) is 1.64. The Morgan fingerprint density at radius 1 is 1.40 bits per heavy atom. The fourth-order valence-corrected chi connectivity index (χ4v) is 2.80. The molecule has 3 rings (SSSR count). The Labute approximate surface area is 146 Å². The summed E-state index contributed by atoms with van der Waals surface area (Å²) >= 11 is 0. The van der Waals surface area contributed by atoms with Gasteiger partial charge in [-0.25, -0.2) is 4.39 Å². The maximum atomic E-state index is 13.9. The first kappa shape index (κ1) is 17.2. The van der Waals surface area contributed by atoms with Gasteiger partial charge in [-0.15, -0.1) is 0 Å². The quantitative estimate of drug-likeness (QED) is 0.873. The molecule has 1 aliphatic carbocycles. The van der Waals surface area contributed by atoms with Crippen molar-refractivity contribution in [1.29, 1.82) is 5.26 Å². The number of hydrogen-bond acceptors (Lipinski definition) is 4. The number of anilines is 1. The molecule has 1 aromatic carbocycles. The number of benzene rings is 1. The normalized spacial score (nSPS) is 13.7. The minimum absolute atomic E-state index is 0.128. The van der Waals surface area contributed by atoms with E-state index < -0.39 is 0 Å². The summed E-state index contributed by atoms with van der Waals surface area (Å²) in [5, 5.41) is 11.9. The minimum Gasteiger partial charge on any atom is -0.444 e. The molecule has 1 aliphatic rings. The lowest BCUT2D eigenvalue weighted by Crippen LogP contribution is -2.34. The third-order valence-electron chi connectivity index (χ3n) is 4.49. The maximum Gasteiger partial charge on any atom is 0.240 e. The molecule has 0 spiro atoms. The highest BCUT2D eigenvalue weighted by molar-refractivity contribution is 5.92. The largest absolute Gasteiger partial charge is 0.444 e. The summed E-state index contributed by atoms with van der Waals surface area (Å²) in [6, 6.07) is 8.94. The van der Waals surface area contributed by atoms with Crippen LogP contribution < -0.4 is 5.32 Å². The van der Waals surface area contributed by atoms with E-state index in [0.717, 1.165) is 18.4 Å². The Bertz CT molecular complexity index is 834. The van der Waals surface area contributed by atoms with Gasteiger partial charge >= 0.3 is 0 Å². The van der Waals surface area contributed by atoms with Crippen molar-refractivity contribution in [3.63, 3.8) is 0 Å². The molecule has 0 bridgehead atoms. The van der Waals surface area contributed by atoms with E-state index >= 15 is 0 Å². The van der Waals surface area contributed by atoms with Crippen molar-refractivity contribution in [3.05, 3.63) is 52.5 Å². The average molecular weight is 341 g/mol. The number of nitriles is 1. The third-order valence-corrected chi connectivity index (χ3v) is 4.49. The van der Waals surface area contributed by atoms with Gasteiger partial charge in [0.25, 0.3) is 0 Å². The number of halogens is 1. The number of nitrogens with one attached hydrogen (secondary N) is 1. The van der Waals surface area contributed by atoms with Crippen molar-refractivity contribution in [2.75, 3.05) is 11.9 Å². The van der Waals surface area contributed by atoms with Crippen molar-refractivity contribution < 1.29 is 13.6 Å². The molecule has 6 heteroatoms. The van der Waals surface area contributed by atoms with Gasteiger partial charge in [-0.3, -0.25) is 15.0 Å². The molecule has 0 saturated heterocycles. The Hall–Kier alpha value is -2.65. The van der Waals surface area contributed by atoms with Crippen LogP contribution >= 0.6 is 0 Å². The van der Waals surface area contributed by atoms with Gasteiger partial charge in [-0.2, -0.15) is 5.26 Å². The molecule has 1 fully saturated rings. The molecule has 1 aromatic heterocycles. The van der Waals surface area contributed by atoms with Gasteiger partial charge < -0.3 is 4.42 Å². The number of aryl methyl sites for hydroxylation is 1. The van der Waals surface area contributed by atoms with Crippen molar-refractivity contribution in [2.45, 2.75) is 39.3 Å². The highest BCUT2D eigenvalue weighted by Gasteiger charge is 2.31. The van der Waals surface area contributed by atoms with Gasteiger partial charge in [0.05, 0.1) is 6.54 Å². The summed E-state index contributed by atoms with van der Waals surface area (Å²) in [5.74, 6) is 0.257. The van der Waals surface area contributed by atoms with Gasteiger partial charge in [0.15, 0.2) is 0 Å². The summed E-state index contributed by atoms with van der Waals surface area (Å²) in [6.07, 6.45) is 2.01. The first-order valence-electron chi connectivity index (χ1n) is 8.27. The number of carbonyl (C=O) groups excluding carboxylic acids is 1. The smallest absolute Gasteiger partial charge is 0.240 e. The van der Waals surface area contributed by atoms with E-state index in [1.807, 2.05) is 4.90 Å². The average Bonchev–Trinajstić information content (AvgIpc) is 3.37. The highest BCUT2D eigenvalue weighted by Crippen LogP contribution is 2.29. The summed E-state index contributed by atoms with van der Waals surface area (Å²) in [4.78, 5) is 14.4. The van der Waals surface area contributed by atoms with Crippen molar-refractivity contribution in [2.24, 2.45) is 0 Å². The zero-order valence-electron chi connectivity index (χ0n) is 14.3. The number of carbonyl (C=O) groups is 1. The van der Waals surface area contributed by atoms with E-state index in [-0.39, 0.29) is 24.2 Å². The molecule has 0 aliphatic heterocycles. The Morgan fingerprint density at radius 3 is 2.76 bits per heavy atom. The molecule has 5 nitrogen and oxygen atoms in total. The molecule has 1 N–H and O–H groups in total. The Morgan fingerprint density at radius 2 is 2.12 bits per heavy atom. The van der Waals surface area contributed by atoms with Gasteiger partial charge in [0.1, 0.15) is 23.2 Å². The van der Waals surface area contributed by atoms with Crippen LogP contribution in [0.5, 0.6) is 0 Å². The van der Waals surface area contributed by atoms with Gasteiger partial charge in [0, 0.05) is 23.7 Å². The number of hydrogen-bond donors (Lipinski definition) is 1. The predicted octanol–water partition coefficient (Wildman–Crippen LogP) is 3.51. The predicted molar refractivity (Wildman–Crippen MR) is 91.4 cm³/mol. The van der Waals surface area contributed by atoms with Crippen LogP contribution in [-0.2, 0) is 11.3 Å². The second-order valence-electron chi connectivity index (χ2n) is 6.37. The fourth-order valence-electron chi connectivity index (χ4n) is 2.80. The second kappa shape index (κ2) is 7.08. The van der Waals surface area contributed by atoms with Crippen LogP contribution in [-0.4, -0.2) is 23.4 Å². The molecule has 1 heterocycles. The van der Waals surface area contributed by atoms with Crippen LogP contribution in [0, 0.1) is 31.0 Å². The monoisotopic (exact) mass is 341 g/mol. The molecule has 0 radical (unpaired) electrons. The Balaban J connectivity index is 1.69. The lowest BCUT2D eigenvalue weighted by molar-refractivity contribution is -0.117. The standard InChI is InChI=1S/C19H20FN3O2/c1-12-13(2)25-19(16(12)9-21)22-18(24)11-23(15-7-8-15)10-14-5-3-4-6-17(14)20/h3-6,15H,7-8,10-11H2,1-2H3,(H,22,24). The second-order valence-corrected chi connectivity index (χ2v) is 6.37. The zero-order chi connectivity index (χ0) is 18.0. The number of amides is 1. The number of rotatable bonds is 6. The molecular formula is C19H20FN3O2. The van der Waals surface area contributed by atoms with E-state index in [1.165, 1.54) is 6.07 Å². The van der Waals surface area contributed by atoms with Gasteiger partial charge in [-0.1, -0.05) is 18.2 Å². The lowest BCUT2D eigenvalue weighted by Gasteiger charge is -2.21. The molecular weight excluding hydrogens is 321 g/mol. The van der Waals surface area contributed by atoms with Crippen molar-refractivity contribution >= 4 is 11.8 Å². The van der Waals surface area contributed by atoms with Crippen molar-refractivity contribution in [1.82, 2.24) is 4.90 Å². The van der Waals surface area contributed by atoms with Crippen LogP contribution in [0.2, 0.25) is 0 Å². The van der Waals surface area contributed by atoms with E-state index in [0.29, 0.717) is 29.5 Å². The minimum atomic E-state index is -0.270. The zero-order valence-corrected chi connectivity index (χ0v) is 14.3. The molecule has 0 unspecified atom stereocenters. The van der Waals surface area contributed by atoms with E-state index in [9.17, 15) is 14.4 Å². The topological polar surface area (TPSA) is 69.3 Å². The molecule has 0 atom stereocenters. The lowest BCUT2D eigenvalue weighted by atomic mass is 10.2. The first-order chi connectivity index (χ1) is 12.0. The first-order valence-corrected chi connectivity index (χ1v) is 8.27. The fraction of sp³-hybridized carbons (Fsp3) is 0.368. The van der Waals surface area contributed by atoms with Crippen LogP contribution in [0.4, 0.5) is 10.3 Å². The third kappa shape index (κ3) is 3.89. The highest BCUT2D eigenvalue weighted by atomic mass is 19.1. The summed E-state index contributed by atoms with van der Waals surface area (Å²) in [6.45, 7) is 4.04. The summed E-state index contributed by atoms with van der Waals surface area (Å²) in [7, 11) is 0. The molecule has 1 amide bonds. The molecule has 130 valence electrons. The maximum absolute atomic E-state index is 13.9. The van der Waals surface area contributed by atoms with Gasteiger partial charge in [-0.05, 0) is 32.8 Å². The Kier molecular flexibility index (Phi) is 4.86. The van der Waals surface area contributed by atoms with Crippen LogP contribution in [0.25, 0.3) is 0 Å². The number of nitrogens with zero attached hydrogens (tertiary/aromatic N) is 2. The van der Waals surface area contributed by atoms with Gasteiger partial charge in [0.2, 0.25) is 11.8 Å². The molecule has 2 aromatic rings. The SMILES string of the molecule is Cc1oc(NC(=O)CN(Cc2ccccc2F)C2CC2)c(C#N)c1C. The van der Waals surface area contributed by atoms with E-state index in [4.69, 9.17) is 4.42 Å². The molecule has 1 saturated carbocycles. The van der Waals surface area contributed by atoms with Crippen LogP contribution in [0.1, 0.15) is 35.3 Å². The number of furan rings is 1. The molecule has 25 heavy (non-hydrogen) atoms. The van der Waals surface area contributed by atoms with Crippen molar-refractivity contribution in [3.8, 4) is 6.07 Å². The van der Waals surface area contributed by atoms with E-state index in [2.05, 4.69) is 11.4 Å². The van der Waals surface area contributed by atoms with E-state index in [1.54, 1.807) is 32.0 Å². The summed E-state index contributed by atoms with van der Waals surface area (Å²) < 4.78 is 19.4.